The number of benzene rings is 1. The Hall–Kier alpha value is -3.00. The molecule has 0 bridgehead atoms. The van der Waals surface area contributed by atoms with E-state index >= 15 is 0 Å². The molecule has 14 heteroatoms. The Balaban J connectivity index is 0.00000324. The number of likely N-dealkylation sites (N-methyl/N-ethyl adjacent to an activating group) is 1. The monoisotopic (exact) mass is 499 g/mol. The molecule has 2 aliphatic rings. The van der Waals surface area contributed by atoms with Gasteiger partial charge in [-0.05, 0) is 19.4 Å². The Morgan fingerprint density at radius 2 is 1.80 bits per heavy atom. The zero-order valence-electron chi connectivity index (χ0n) is 20.6. The molecule has 35 heavy (non-hydrogen) atoms. The first kappa shape index (κ1) is 28.2. The van der Waals surface area contributed by atoms with E-state index in [1.54, 1.807) is 44.2 Å². The molecule has 1 aromatic carbocycles. The van der Waals surface area contributed by atoms with Gasteiger partial charge in [0.1, 0.15) is 12.1 Å². The Morgan fingerprint density at radius 1 is 1.14 bits per heavy atom. The molecule has 13 nitrogen and oxygen atoms in total. The number of piperazine rings is 1. The minimum atomic E-state index is -1.27. The zero-order chi connectivity index (χ0) is 25.0. The molecule has 0 aliphatic carbocycles. The van der Waals surface area contributed by atoms with Crippen molar-refractivity contribution in [3.05, 3.63) is 35.9 Å². The van der Waals surface area contributed by atoms with Crippen molar-refractivity contribution < 1.29 is 69.7 Å². The number of nitrogens with one attached hydrogen (secondary N) is 2. The average molecular weight is 499 g/mol. The normalized spacial score (nSPS) is 20.5. The van der Waals surface area contributed by atoms with E-state index in [4.69, 9.17) is 9.94 Å². The van der Waals surface area contributed by atoms with Gasteiger partial charge in [-0.1, -0.05) is 30.3 Å². The molecule has 184 valence electrons. The van der Waals surface area contributed by atoms with Gasteiger partial charge >= 0.3 is 53.4 Å². The van der Waals surface area contributed by atoms with Crippen LogP contribution in [-0.2, 0) is 28.8 Å². The average Bonchev–Trinajstić information content (AvgIpc) is 2.82. The summed E-state index contributed by atoms with van der Waals surface area (Å²) >= 11 is 0. The van der Waals surface area contributed by atoms with E-state index < -0.39 is 60.4 Å². The van der Waals surface area contributed by atoms with E-state index in [1.807, 2.05) is 0 Å². The summed E-state index contributed by atoms with van der Waals surface area (Å²) in [7, 11) is 0. The summed E-state index contributed by atoms with van der Waals surface area (Å²) in [6, 6.07) is 4.34. The Morgan fingerprint density at radius 3 is 2.37 bits per heavy atom. The topological polar surface area (TPSA) is 166 Å². The van der Waals surface area contributed by atoms with Crippen molar-refractivity contribution in [2.24, 2.45) is 0 Å². The molecule has 3 atom stereocenters. The van der Waals surface area contributed by atoms with Gasteiger partial charge in [0.05, 0.1) is 6.04 Å². The minimum Gasteiger partial charge on any atom is -1.00 e. The van der Waals surface area contributed by atoms with Crippen molar-refractivity contribution in [3.63, 3.8) is 0 Å². The van der Waals surface area contributed by atoms with Gasteiger partial charge in [0, 0.05) is 19.6 Å². The van der Waals surface area contributed by atoms with Crippen molar-refractivity contribution in [3.8, 4) is 0 Å². The Bertz CT molecular complexity index is 1010. The molecule has 0 radical (unpaired) electrons. The first-order valence-corrected chi connectivity index (χ1v) is 10.6. The van der Waals surface area contributed by atoms with Crippen LogP contribution in [0.1, 0.15) is 26.9 Å². The summed E-state index contributed by atoms with van der Waals surface area (Å²) in [4.78, 5) is 80.3. The third-order valence-corrected chi connectivity index (χ3v) is 5.56. The molecular formula is C21H26N5NaO8. The maximum absolute atomic E-state index is 13.1. The number of hydrogen-bond donors (Lipinski definition) is 3. The van der Waals surface area contributed by atoms with E-state index in [2.05, 4.69) is 10.6 Å². The standard InChI is InChI=1S/C21H25N5O8.Na.H/c1-3-24-9-10-25(20(32)19(24)31)21(33)23-16(13-7-5-4-6-8-13)17(29)22-15-12(2)26(18(15)30)34-11-14(27)28;;/h4-8,12,15-16H,3,9-11H2,1-2H3,(H,22,29)(H,23,33)(H,27,28);;/q;+1;-1/t12-,15-,16?;;/m0../s1. The second-order valence-electron chi connectivity index (χ2n) is 7.69. The van der Waals surface area contributed by atoms with E-state index in [1.165, 1.54) is 4.90 Å². The zero-order valence-corrected chi connectivity index (χ0v) is 21.6. The van der Waals surface area contributed by atoms with Crippen molar-refractivity contribution in [2.75, 3.05) is 26.2 Å². The summed E-state index contributed by atoms with van der Waals surface area (Å²) in [5.41, 5.74) is 0.387. The summed E-state index contributed by atoms with van der Waals surface area (Å²) in [5, 5.41) is 14.5. The van der Waals surface area contributed by atoms with E-state index in [0.717, 1.165) is 9.96 Å². The summed E-state index contributed by atoms with van der Waals surface area (Å²) < 4.78 is 0. The molecule has 2 aliphatic heterocycles. The predicted octanol–water partition coefficient (Wildman–Crippen LogP) is -4.02. The maximum Gasteiger partial charge on any atom is 1.00 e. The van der Waals surface area contributed by atoms with Crippen LogP contribution in [-0.4, -0.2) is 93.9 Å². The maximum atomic E-state index is 13.1. The fourth-order valence-electron chi connectivity index (χ4n) is 3.64. The molecule has 6 amide bonds. The van der Waals surface area contributed by atoms with Crippen LogP contribution in [0, 0.1) is 0 Å². The number of hydrogen-bond acceptors (Lipinski definition) is 7. The third-order valence-electron chi connectivity index (χ3n) is 5.56. The summed E-state index contributed by atoms with van der Waals surface area (Å²) in [5.74, 6) is -4.43. The molecule has 3 rings (SSSR count). The Kier molecular flexibility index (Phi) is 9.77. The van der Waals surface area contributed by atoms with Crippen LogP contribution < -0.4 is 40.2 Å². The number of imide groups is 1. The van der Waals surface area contributed by atoms with Crippen LogP contribution in [0.5, 0.6) is 0 Å². The van der Waals surface area contributed by atoms with Gasteiger partial charge in [-0.2, -0.15) is 0 Å². The number of aliphatic carboxylic acids is 1. The largest absolute Gasteiger partial charge is 1.00 e. The second kappa shape index (κ2) is 12.1. The van der Waals surface area contributed by atoms with E-state index in [-0.39, 0.29) is 44.1 Å². The number of carbonyl (C=O) groups excluding carboxylic acids is 5. The van der Waals surface area contributed by atoms with Gasteiger partial charge in [0.25, 0.3) is 5.91 Å². The van der Waals surface area contributed by atoms with Crippen molar-refractivity contribution in [1.82, 2.24) is 25.5 Å². The van der Waals surface area contributed by atoms with Crippen LogP contribution in [0.2, 0.25) is 0 Å². The molecule has 2 fully saturated rings. The number of carbonyl (C=O) groups is 6. The minimum absolute atomic E-state index is 0. The molecule has 1 aromatic rings. The number of carboxylic acid groups (broad SMARTS) is 1. The van der Waals surface area contributed by atoms with Crippen molar-refractivity contribution in [1.29, 1.82) is 0 Å². The molecule has 0 saturated carbocycles. The van der Waals surface area contributed by atoms with E-state index in [0.29, 0.717) is 12.1 Å². The molecule has 2 saturated heterocycles. The van der Waals surface area contributed by atoms with Gasteiger partial charge in [0.15, 0.2) is 6.61 Å². The SMILES string of the molecule is CCN1CCN(C(=O)NC(C(=O)N[C@@H]2C(=O)N(OCC(=O)O)[C@H]2C)c2ccccc2)C(=O)C1=O.[H-].[Na+]. The van der Waals surface area contributed by atoms with Gasteiger partial charge in [-0.25, -0.2) is 14.7 Å². The van der Waals surface area contributed by atoms with Crippen molar-refractivity contribution >= 4 is 35.6 Å². The number of β-lactam (4-membered cyclic amide) rings is 1. The Labute approximate surface area is 224 Å². The van der Waals surface area contributed by atoms with Crippen molar-refractivity contribution in [2.45, 2.75) is 32.0 Å². The number of hydroxylamine groups is 2. The van der Waals surface area contributed by atoms with Crippen LogP contribution in [0.4, 0.5) is 4.79 Å². The molecule has 0 aromatic heterocycles. The summed E-state index contributed by atoms with van der Waals surface area (Å²) in [6.07, 6.45) is 0. The number of rotatable bonds is 8. The van der Waals surface area contributed by atoms with Crippen LogP contribution in [0.25, 0.3) is 0 Å². The number of nitrogens with zero attached hydrogens (tertiary/aromatic N) is 3. The molecule has 3 N–H and O–H groups in total. The predicted molar refractivity (Wildman–Crippen MR) is 115 cm³/mol. The fraction of sp³-hybridized carbons (Fsp3) is 0.429. The smallest absolute Gasteiger partial charge is 1.00 e. The molecular weight excluding hydrogens is 473 g/mol. The van der Waals surface area contributed by atoms with E-state index in [9.17, 15) is 28.8 Å². The third kappa shape index (κ3) is 6.17. The van der Waals surface area contributed by atoms with Gasteiger partial charge in [0.2, 0.25) is 5.91 Å². The second-order valence-corrected chi connectivity index (χ2v) is 7.69. The van der Waals surface area contributed by atoms with Gasteiger partial charge in [-0.15, -0.1) is 0 Å². The quantitative estimate of drug-likeness (QED) is 0.185. The number of urea groups is 1. The van der Waals surface area contributed by atoms with Gasteiger partial charge < -0.3 is 22.1 Å². The van der Waals surface area contributed by atoms with Crippen LogP contribution in [0.3, 0.4) is 0 Å². The summed E-state index contributed by atoms with van der Waals surface area (Å²) in [6.45, 7) is 3.04. The number of carboxylic acids is 1. The van der Waals surface area contributed by atoms with Crippen LogP contribution in [0.15, 0.2) is 30.3 Å². The fourth-order valence-corrected chi connectivity index (χ4v) is 3.64. The molecule has 1 unspecified atom stereocenters. The van der Waals surface area contributed by atoms with Crippen LogP contribution >= 0.6 is 0 Å². The number of amides is 6. The first-order valence-electron chi connectivity index (χ1n) is 10.6. The molecule has 2 heterocycles. The first-order chi connectivity index (χ1) is 16.1. The van der Waals surface area contributed by atoms with Gasteiger partial charge in [-0.3, -0.25) is 28.9 Å². The molecule has 0 spiro atoms.